The van der Waals surface area contributed by atoms with Crippen molar-refractivity contribution < 1.29 is 14.6 Å². The maximum Gasteiger partial charge on any atom is 0.306 e. The SMILES string of the molecule is CCCCCCCCCCCCC(CCCCCCCCCC)CC(=O)OCC(C)(C)CO. The molecule has 1 unspecified atom stereocenters. The molecule has 0 amide bonds. The third kappa shape index (κ3) is 23.0. The molecular weight excluding hydrogens is 408 g/mol. The van der Waals surface area contributed by atoms with Crippen molar-refractivity contribution in [2.45, 2.75) is 163 Å². The molecular formula is C30H60O3. The van der Waals surface area contributed by atoms with Gasteiger partial charge in [0.05, 0.1) is 13.2 Å². The van der Waals surface area contributed by atoms with E-state index in [0.29, 0.717) is 18.9 Å². The number of aliphatic hydroxyl groups excluding tert-OH is 1. The highest BCUT2D eigenvalue weighted by Gasteiger charge is 2.21. The van der Waals surface area contributed by atoms with Crippen LogP contribution in [0.15, 0.2) is 0 Å². The van der Waals surface area contributed by atoms with Gasteiger partial charge in [-0.05, 0) is 18.8 Å². The van der Waals surface area contributed by atoms with Gasteiger partial charge in [0.2, 0.25) is 0 Å². The van der Waals surface area contributed by atoms with Crippen LogP contribution in [0.5, 0.6) is 0 Å². The van der Waals surface area contributed by atoms with Crippen LogP contribution in [-0.4, -0.2) is 24.3 Å². The van der Waals surface area contributed by atoms with Crippen LogP contribution in [0.2, 0.25) is 0 Å². The van der Waals surface area contributed by atoms with Crippen LogP contribution in [0.1, 0.15) is 163 Å². The van der Waals surface area contributed by atoms with E-state index in [9.17, 15) is 9.90 Å². The smallest absolute Gasteiger partial charge is 0.306 e. The second kappa shape index (κ2) is 23.2. The summed E-state index contributed by atoms with van der Waals surface area (Å²) in [6.07, 6.45) is 27.1. The average Bonchev–Trinajstić information content (AvgIpc) is 2.80. The highest BCUT2D eigenvalue weighted by molar-refractivity contribution is 5.69. The van der Waals surface area contributed by atoms with Crippen LogP contribution >= 0.6 is 0 Å². The topological polar surface area (TPSA) is 46.5 Å². The van der Waals surface area contributed by atoms with Crippen LogP contribution in [0.3, 0.4) is 0 Å². The number of aliphatic hydroxyl groups is 1. The summed E-state index contributed by atoms with van der Waals surface area (Å²) in [4.78, 5) is 12.4. The van der Waals surface area contributed by atoms with Gasteiger partial charge in [-0.25, -0.2) is 0 Å². The Morgan fingerprint density at radius 1 is 0.667 bits per heavy atom. The maximum absolute atomic E-state index is 12.4. The first kappa shape index (κ1) is 32.4. The van der Waals surface area contributed by atoms with Gasteiger partial charge in [0.1, 0.15) is 0 Å². The Morgan fingerprint density at radius 3 is 1.39 bits per heavy atom. The third-order valence-corrected chi connectivity index (χ3v) is 6.94. The molecule has 0 radical (unpaired) electrons. The largest absolute Gasteiger partial charge is 0.465 e. The van der Waals surface area contributed by atoms with Gasteiger partial charge in [0, 0.05) is 11.8 Å². The second-order valence-corrected chi connectivity index (χ2v) is 11.3. The predicted octanol–water partition coefficient (Wildman–Crippen LogP) is 9.40. The number of carbonyl (C=O) groups is 1. The first-order valence-electron chi connectivity index (χ1n) is 14.7. The summed E-state index contributed by atoms with van der Waals surface area (Å²) < 4.78 is 5.51. The number of unbranched alkanes of at least 4 members (excludes halogenated alkanes) is 16. The molecule has 0 aromatic heterocycles. The lowest BCUT2D eigenvalue weighted by Gasteiger charge is -2.22. The van der Waals surface area contributed by atoms with Crippen molar-refractivity contribution >= 4 is 5.97 Å². The second-order valence-electron chi connectivity index (χ2n) is 11.3. The van der Waals surface area contributed by atoms with E-state index in [0.717, 1.165) is 12.8 Å². The summed E-state index contributed by atoms with van der Waals surface area (Å²) in [5, 5.41) is 9.39. The van der Waals surface area contributed by atoms with Gasteiger partial charge in [-0.3, -0.25) is 4.79 Å². The molecule has 0 aliphatic rings. The first-order valence-corrected chi connectivity index (χ1v) is 14.7. The molecule has 198 valence electrons. The number of hydrogen-bond donors (Lipinski definition) is 1. The van der Waals surface area contributed by atoms with Gasteiger partial charge >= 0.3 is 5.97 Å². The zero-order chi connectivity index (χ0) is 24.6. The van der Waals surface area contributed by atoms with E-state index < -0.39 is 0 Å². The molecule has 3 heteroatoms. The molecule has 0 saturated heterocycles. The minimum Gasteiger partial charge on any atom is -0.465 e. The Morgan fingerprint density at radius 2 is 1.03 bits per heavy atom. The van der Waals surface area contributed by atoms with Crippen LogP contribution in [0.25, 0.3) is 0 Å². The Bertz CT molecular complexity index is 419. The summed E-state index contributed by atoms with van der Waals surface area (Å²) in [5.74, 6) is 0.386. The first-order chi connectivity index (χ1) is 15.9. The van der Waals surface area contributed by atoms with Crippen molar-refractivity contribution in [2.75, 3.05) is 13.2 Å². The lowest BCUT2D eigenvalue weighted by Crippen LogP contribution is -2.26. The molecule has 0 aliphatic carbocycles. The lowest BCUT2D eigenvalue weighted by molar-refractivity contribution is -0.148. The standard InChI is InChI=1S/C30H60O3/c1-5-7-9-11-13-15-16-18-20-22-24-28(23-21-19-17-14-12-10-8-6-2)25-29(32)33-27-30(3,4)26-31/h28,31H,5-27H2,1-4H3. The van der Waals surface area contributed by atoms with E-state index in [2.05, 4.69) is 13.8 Å². The fraction of sp³-hybridized carbons (Fsp3) is 0.967. The Kier molecular flexibility index (Phi) is 22.8. The monoisotopic (exact) mass is 468 g/mol. The molecule has 1 N–H and O–H groups in total. The minimum atomic E-state index is -0.348. The van der Waals surface area contributed by atoms with Crippen molar-refractivity contribution in [3.63, 3.8) is 0 Å². The molecule has 0 fully saturated rings. The van der Waals surface area contributed by atoms with Crippen LogP contribution in [0.4, 0.5) is 0 Å². The van der Waals surface area contributed by atoms with E-state index in [-0.39, 0.29) is 18.0 Å². The third-order valence-electron chi connectivity index (χ3n) is 6.94. The summed E-state index contributed by atoms with van der Waals surface area (Å²) >= 11 is 0. The van der Waals surface area contributed by atoms with Crippen molar-refractivity contribution in [3.8, 4) is 0 Å². The van der Waals surface area contributed by atoms with Crippen LogP contribution in [0, 0.1) is 11.3 Å². The molecule has 0 bridgehead atoms. The molecule has 0 rings (SSSR count). The zero-order valence-electron chi connectivity index (χ0n) is 23.1. The molecule has 0 aliphatic heterocycles. The average molecular weight is 469 g/mol. The quantitative estimate of drug-likeness (QED) is 0.107. The van der Waals surface area contributed by atoms with Crippen molar-refractivity contribution in [1.82, 2.24) is 0 Å². The summed E-state index contributed by atoms with van der Waals surface area (Å²) in [7, 11) is 0. The predicted molar refractivity (Wildman–Crippen MR) is 144 cm³/mol. The number of hydrogen-bond acceptors (Lipinski definition) is 3. The summed E-state index contributed by atoms with van der Waals surface area (Å²) in [5.41, 5.74) is -0.348. The Hall–Kier alpha value is -0.570. The fourth-order valence-electron chi connectivity index (χ4n) is 4.45. The molecule has 0 aromatic carbocycles. The van der Waals surface area contributed by atoms with Crippen molar-refractivity contribution in [2.24, 2.45) is 11.3 Å². The zero-order valence-corrected chi connectivity index (χ0v) is 23.1. The van der Waals surface area contributed by atoms with E-state index in [1.54, 1.807) is 0 Å². The Balaban J connectivity index is 4.12. The minimum absolute atomic E-state index is 0.0422. The van der Waals surface area contributed by atoms with Gasteiger partial charge in [-0.2, -0.15) is 0 Å². The highest BCUT2D eigenvalue weighted by atomic mass is 16.5. The van der Waals surface area contributed by atoms with E-state index >= 15 is 0 Å². The van der Waals surface area contributed by atoms with E-state index in [4.69, 9.17) is 4.74 Å². The van der Waals surface area contributed by atoms with Crippen LogP contribution < -0.4 is 0 Å². The van der Waals surface area contributed by atoms with Crippen molar-refractivity contribution in [1.29, 1.82) is 0 Å². The normalized spacial score (nSPS) is 12.8. The maximum atomic E-state index is 12.4. The van der Waals surface area contributed by atoms with Crippen LogP contribution in [-0.2, 0) is 9.53 Å². The van der Waals surface area contributed by atoms with E-state index in [1.807, 2.05) is 13.8 Å². The number of esters is 1. The molecule has 33 heavy (non-hydrogen) atoms. The van der Waals surface area contributed by atoms with E-state index in [1.165, 1.54) is 116 Å². The van der Waals surface area contributed by atoms with Gasteiger partial charge in [0.25, 0.3) is 0 Å². The Labute approximate surface area is 207 Å². The van der Waals surface area contributed by atoms with Gasteiger partial charge in [-0.1, -0.05) is 143 Å². The number of carbonyl (C=O) groups excluding carboxylic acids is 1. The number of rotatable bonds is 25. The van der Waals surface area contributed by atoms with Gasteiger partial charge < -0.3 is 9.84 Å². The highest BCUT2D eigenvalue weighted by Crippen LogP contribution is 2.24. The number of ether oxygens (including phenoxy) is 1. The summed E-state index contributed by atoms with van der Waals surface area (Å²) in [6.45, 7) is 8.76. The molecule has 0 aromatic rings. The molecule has 0 heterocycles. The summed E-state index contributed by atoms with van der Waals surface area (Å²) in [6, 6.07) is 0. The molecule has 1 atom stereocenters. The molecule has 0 saturated carbocycles. The van der Waals surface area contributed by atoms with Gasteiger partial charge in [0.15, 0.2) is 0 Å². The lowest BCUT2D eigenvalue weighted by atomic mass is 9.91. The molecule has 0 spiro atoms. The fourth-order valence-corrected chi connectivity index (χ4v) is 4.45. The van der Waals surface area contributed by atoms with Crippen molar-refractivity contribution in [3.05, 3.63) is 0 Å². The van der Waals surface area contributed by atoms with Gasteiger partial charge in [-0.15, -0.1) is 0 Å². The molecule has 3 nitrogen and oxygen atoms in total.